The van der Waals surface area contributed by atoms with Crippen molar-refractivity contribution in [1.82, 2.24) is 15.2 Å². The lowest BCUT2D eigenvalue weighted by Gasteiger charge is -2.27. The maximum atomic E-state index is 12.9. The fourth-order valence-corrected chi connectivity index (χ4v) is 6.74. The van der Waals surface area contributed by atoms with Gasteiger partial charge < -0.3 is 5.32 Å². The van der Waals surface area contributed by atoms with Gasteiger partial charge in [0.1, 0.15) is 0 Å². The SMILES string of the molecule is C=S1(=O)CCC(CNC(=O)c2cnc3c(c2)CN(Cc2ccc(C(F)(F)F)cc2)[C@H]3C(C)C)CC1. The van der Waals surface area contributed by atoms with E-state index >= 15 is 0 Å². The molecule has 3 heterocycles. The summed E-state index contributed by atoms with van der Waals surface area (Å²) >= 11 is 0. The van der Waals surface area contributed by atoms with Gasteiger partial charge in [-0.05, 0) is 69.4 Å². The van der Waals surface area contributed by atoms with Gasteiger partial charge in [0.2, 0.25) is 0 Å². The highest BCUT2D eigenvalue weighted by molar-refractivity contribution is 8.00. The van der Waals surface area contributed by atoms with E-state index in [0.717, 1.165) is 41.8 Å². The van der Waals surface area contributed by atoms with Gasteiger partial charge in [-0.1, -0.05) is 26.0 Å². The van der Waals surface area contributed by atoms with E-state index in [1.54, 1.807) is 6.20 Å². The normalized spacial score (nSPS) is 25.0. The molecule has 0 aliphatic carbocycles. The average molecular weight is 508 g/mol. The van der Waals surface area contributed by atoms with Gasteiger partial charge >= 0.3 is 6.18 Å². The highest BCUT2D eigenvalue weighted by atomic mass is 32.2. The molecule has 35 heavy (non-hydrogen) atoms. The highest BCUT2D eigenvalue weighted by Crippen LogP contribution is 2.39. The van der Waals surface area contributed by atoms with Crippen LogP contribution in [-0.4, -0.2) is 43.9 Å². The summed E-state index contributed by atoms with van der Waals surface area (Å²) in [5.41, 5.74) is 2.53. The molecule has 1 aromatic carbocycles. The Morgan fingerprint density at radius 3 is 2.49 bits per heavy atom. The van der Waals surface area contributed by atoms with Gasteiger partial charge in [0.05, 0.1) is 22.9 Å². The standard InChI is InChI=1S/C26H32F3N3O2S/c1-17(2)24-23-21(16-32(24)15-19-4-6-22(7-5-19)26(27,28)29)12-20(14-30-23)25(33)31-13-18-8-10-35(3,34)11-9-18/h4-7,12,14,17-18,24H,3,8-11,13,15-16H2,1-2H3,(H,31,33)/t18?,24-,35?/m0/s1. The van der Waals surface area contributed by atoms with Crippen LogP contribution in [0.25, 0.3) is 0 Å². The van der Waals surface area contributed by atoms with Crippen LogP contribution in [0.2, 0.25) is 0 Å². The van der Waals surface area contributed by atoms with Crippen molar-refractivity contribution in [2.24, 2.45) is 11.8 Å². The number of rotatable bonds is 6. The summed E-state index contributed by atoms with van der Waals surface area (Å²) < 4.78 is 50.7. The van der Waals surface area contributed by atoms with Crippen molar-refractivity contribution in [3.63, 3.8) is 0 Å². The van der Waals surface area contributed by atoms with E-state index in [4.69, 9.17) is 0 Å². The first kappa shape index (κ1) is 25.7. The average Bonchev–Trinajstić information content (AvgIpc) is 3.15. The van der Waals surface area contributed by atoms with Gasteiger partial charge in [-0.3, -0.25) is 18.9 Å². The second kappa shape index (κ2) is 9.93. The number of carbonyl (C=O) groups excluding carboxylic acids is 1. The van der Waals surface area contributed by atoms with Crippen molar-refractivity contribution < 1.29 is 22.2 Å². The summed E-state index contributed by atoms with van der Waals surface area (Å²) in [6.07, 6.45) is -1.13. The molecule has 4 rings (SSSR count). The number of fused-ring (bicyclic) bond motifs is 1. The van der Waals surface area contributed by atoms with E-state index in [1.807, 2.05) is 6.07 Å². The number of alkyl halides is 3. The van der Waals surface area contributed by atoms with Crippen LogP contribution in [0, 0.1) is 11.8 Å². The Morgan fingerprint density at radius 1 is 1.23 bits per heavy atom. The molecule has 0 unspecified atom stereocenters. The van der Waals surface area contributed by atoms with Crippen molar-refractivity contribution >= 4 is 21.3 Å². The van der Waals surface area contributed by atoms with Crippen LogP contribution in [-0.2, 0) is 28.8 Å². The first-order valence-corrected chi connectivity index (χ1v) is 14.0. The van der Waals surface area contributed by atoms with Crippen LogP contribution in [0.4, 0.5) is 13.2 Å². The maximum Gasteiger partial charge on any atom is 0.416 e. The fraction of sp³-hybridized carbons (Fsp3) is 0.500. The van der Waals surface area contributed by atoms with Crippen molar-refractivity contribution in [1.29, 1.82) is 0 Å². The lowest BCUT2D eigenvalue weighted by atomic mass is 9.99. The largest absolute Gasteiger partial charge is 0.416 e. The van der Waals surface area contributed by atoms with E-state index in [1.165, 1.54) is 12.1 Å². The third-order valence-corrected chi connectivity index (χ3v) is 8.92. The van der Waals surface area contributed by atoms with Crippen LogP contribution >= 0.6 is 0 Å². The lowest BCUT2D eigenvalue weighted by Crippen LogP contribution is -2.34. The molecule has 1 atom stereocenters. The first-order chi connectivity index (χ1) is 16.4. The van der Waals surface area contributed by atoms with E-state index in [2.05, 4.69) is 34.9 Å². The molecule has 1 aromatic heterocycles. The molecule has 1 amide bonds. The predicted molar refractivity (Wildman–Crippen MR) is 133 cm³/mol. The molecule has 9 heteroatoms. The fourth-order valence-electron chi connectivity index (χ4n) is 5.01. The number of halogens is 3. The van der Waals surface area contributed by atoms with Crippen molar-refractivity contribution in [2.45, 2.75) is 52.0 Å². The molecular weight excluding hydrogens is 475 g/mol. The van der Waals surface area contributed by atoms with Gasteiger partial charge in [-0.25, -0.2) is 0 Å². The van der Waals surface area contributed by atoms with Gasteiger partial charge in [0, 0.05) is 37.3 Å². The van der Waals surface area contributed by atoms with Crippen LogP contribution < -0.4 is 5.32 Å². The molecule has 0 saturated carbocycles. The number of carbonyl (C=O) groups is 1. The number of hydrogen-bond donors (Lipinski definition) is 1. The van der Waals surface area contributed by atoms with Gasteiger partial charge in [0.25, 0.3) is 5.91 Å². The smallest absolute Gasteiger partial charge is 0.352 e. The number of aromatic nitrogens is 1. The summed E-state index contributed by atoms with van der Waals surface area (Å²) in [5, 5.41) is 2.99. The number of benzene rings is 1. The zero-order chi connectivity index (χ0) is 25.4. The van der Waals surface area contributed by atoms with E-state index in [0.29, 0.717) is 42.6 Å². The number of amides is 1. The highest BCUT2D eigenvalue weighted by Gasteiger charge is 2.35. The zero-order valence-electron chi connectivity index (χ0n) is 20.1. The van der Waals surface area contributed by atoms with Crippen LogP contribution in [0.15, 0.2) is 36.5 Å². The maximum absolute atomic E-state index is 12.9. The van der Waals surface area contributed by atoms with E-state index < -0.39 is 21.3 Å². The molecule has 0 spiro atoms. The Hall–Kier alpha value is -2.39. The number of nitrogens with one attached hydrogen (secondary N) is 1. The van der Waals surface area contributed by atoms with Gasteiger partial charge in [-0.15, -0.1) is 0 Å². The van der Waals surface area contributed by atoms with E-state index in [-0.39, 0.29) is 17.9 Å². The number of pyridine rings is 1. The minimum atomic E-state index is -4.35. The number of nitrogens with zero attached hydrogens (tertiary/aromatic N) is 2. The molecule has 1 saturated heterocycles. The van der Waals surface area contributed by atoms with Crippen LogP contribution in [0.5, 0.6) is 0 Å². The predicted octanol–water partition coefficient (Wildman–Crippen LogP) is 4.67. The zero-order valence-corrected chi connectivity index (χ0v) is 20.9. The Labute approximate surface area is 205 Å². The molecule has 5 nitrogen and oxygen atoms in total. The summed E-state index contributed by atoms with van der Waals surface area (Å²) in [4.78, 5) is 19.6. The monoisotopic (exact) mass is 507 g/mol. The Kier molecular flexibility index (Phi) is 7.29. The Balaban J connectivity index is 1.43. The molecule has 2 aliphatic rings. The molecule has 2 aliphatic heterocycles. The molecule has 1 N–H and O–H groups in total. The van der Waals surface area contributed by atoms with Gasteiger partial charge in [0.15, 0.2) is 0 Å². The van der Waals surface area contributed by atoms with Crippen molar-refractivity contribution in [3.8, 4) is 0 Å². The summed E-state index contributed by atoms with van der Waals surface area (Å²) in [7, 11) is -1.94. The second-order valence-corrected chi connectivity index (χ2v) is 12.8. The third-order valence-electron chi connectivity index (χ3n) is 6.96. The molecular formula is C26H32F3N3O2S. The molecule has 1 fully saturated rings. The van der Waals surface area contributed by atoms with Crippen molar-refractivity contribution in [3.05, 3.63) is 64.5 Å². The molecule has 0 bridgehead atoms. The minimum absolute atomic E-state index is 0.0177. The number of hydrogen-bond acceptors (Lipinski definition) is 4. The second-order valence-electron chi connectivity index (χ2n) is 10.1. The first-order valence-electron chi connectivity index (χ1n) is 11.9. The summed E-state index contributed by atoms with van der Waals surface area (Å²) in [5.74, 6) is 5.38. The molecule has 2 aromatic rings. The van der Waals surface area contributed by atoms with Gasteiger partial charge in [-0.2, -0.15) is 13.2 Å². The van der Waals surface area contributed by atoms with Crippen LogP contribution in [0.1, 0.15) is 65.5 Å². The molecule has 0 radical (unpaired) electrons. The summed E-state index contributed by atoms with van der Waals surface area (Å²) in [6, 6.07) is 7.17. The van der Waals surface area contributed by atoms with Crippen LogP contribution in [0.3, 0.4) is 0 Å². The van der Waals surface area contributed by atoms with E-state index in [9.17, 15) is 22.2 Å². The van der Waals surface area contributed by atoms with Crippen molar-refractivity contribution in [2.75, 3.05) is 18.1 Å². The topological polar surface area (TPSA) is 62.3 Å². The molecule has 190 valence electrons. The third kappa shape index (κ3) is 6.06. The Bertz CT molecular complexity index is 1160. The lowest BCUT2D eigenvalue weighted by molar-refractivity contribution is -0.137. The Morgan fingerprint density at radius 2 is 1.89 bits per heavy atom. The minimum Gasteiger partial charge on any atom is -0.352 e. The quantitative estimate of drug-likeness (QED) is 0.578. The summed E-state index contributed by atoms with van der Waals surface area (Å²) in [6.45, 7) is 5.80.